The zero-order valence-electron chi connectivity index (χ0n) is 15.4. The number of carbonyl (C=O) groups is 1. The Morgan fingerprint density at radius 3 is 2.81 bits per heavy atom. The van der Waals surface area contributed by atoms with Gasteiger partial charge in [0.2, 0.25) is 5.95 Å². The van der Waals surface area contributed by atoms with E-state index in [4.69, 9.17) is 0 Å². The Kier molecular flexibility index (Phi) is 4.88. The summed E-state index contributed by atoms with van der Waals surface area (Å²) < 4.78 is 16.2. The number of nitrogens with zero attached hydrogens (tertiary/aromatic N) is 4. The van der Waals surface area contributed by atoms with Gasteiger partial charge in [-0.15, -0.1) is 0 Å². The molecule has 0 N–H and O–H groups in total. The van der Waals surface area contributed by atoms with Gasteiger partial charge in [0.05, 0.1) is 12.2 Å². The third kappa shape index (κ3) is 3.56. The molecule has 0 radical (unpaired) electrons. The van der Waals surface area contributed by atoms with Crippen molar-refractivity contribution in [3.63, 3.8) is 0 Å². The number of hydrogen-bond donors (Lipinski definition) is 0. The molecule has 1 fully saturated rings. The van der Waals surface area contributed by atoms with Crippen LogP contribution in [0.2, 0.25) is 0 Å². The third-order valence-electron chi connectivity index (χ3n) is 5.26. The standard InChI is InChI=1S/C21H23FN4O/c1-15-10-12-25-18(13-15)24-19(20(25)22)21(27)26(17-8-3-2-4-9-17)14-16-7-5-6-11-23-16/h5-7,10-13,17H,2-4,8-9,14H2,1H3. The lowest BCUT2D eigenvalue weighted by Gasteiger charge is -2.33. The first-order valence-electron chi connectivity index (χ1n) is 9.48. The number of rotatable bonds is 4. The van der Waals surface area contributed by atoms with Crippen LogP contribution < -0.4 is 0 Å². The second-order valence-corrected chi connectivity index (χ2v) is 7.23. The molecule has 0 aliphatic heterocycles. The second kappa shape index (κ2) is 7.47. The molecular weight excluding hydrogens is 343 g/mol. The topological polar surface area (TPSA) is 50.5 Å². The van der Waals surface area contributed by atoms with Crippen LogP contribution in [-0.2, 0) is 6.54 Å². The molecule has 3 aromatic rings. The molecule has 0 spiro atoms. The van der Waals surface area contributed by atoms with Crippen LogP contribution in [0, 0.1) is 12.9 Å². The van der Waals surface area contributed by atoms with E-state index < -0.39 is 5.95 Å². The molecule has 1 aliphatic rings. The summed E-state index contributed by atoms with van der Waals surface area (Å²) in [6.45, 7) is 2.29. The summed E-state index contributed by atoms with van der Waals surface area (Å²) in [7, 11) is 0. The van der Waals surface area contributed by atoms with E-state index in [0.29, 0.717) is 12.2 Å². The van der Waals surface area contributed by atoms with Crippen molar-refractivity contribution in [1.82, 2.24) is 19.3 Å². The molecule has 0 unspecified atom stereocenters. The largest absolute Gasteiger partial charge is 0.328 e. The summed E-state index contributed by atoms with van der Waals surface area (Å²) >= 11 is 0. The van der Waals surface area contributed by atoms with Gasteiger partial charge in [-0.1, -0.05) is 25.3 Å². The van der Waals surface area contributed by atoms with E-state index in [1.165, 1.54) is 10.8 Å². The normalized spacial score (nSPS) is 15.2. The molecule has 0 atom stereocenters. The van der Waals surface area contributed by atoms with E-state index in [1.807, 2.05) is 25.1 Å². The van der Waals surface area contributed by atoms with Gasteiger partial charge in [0.25, 0.3) is 5.91 Å². The molecule has 1 amide bonds. The molecule has 1 saturated carbocycles. The number of aryl methyl sites for hydroxylation is 1. The predicted molar refractivity (Wildman–Crippen MR) is 101 cm³/mol. The fraction of sp³-hybridized carbons (Fsp3) is 0.381. The van der Waals surface area contributed by atoms with Gasteiger partial charge in [-0.25, -0.2) is 4.98 Å². The number of halogens is 1. The van der Waals surface area contributed by atoms with E-state index in [9.17, 15) is 9.18 Å². The van der Waals surface area contributed by atoms with E-state index in [1.54, 1.807) is 29.4 Å². The highest BCUT2D eigenvalue weighted by molar-refractivity contribution is 5.93. The van der Waals surface area contributed by atoms with Gasteiger partial charge < -0.3 is 4.90 Å². The van der Waals surface area contributed by atoms with E-state index in [-0.39, 0.29) is 17.6 Å². The van der Waals surface area contributed by atoms with Crippen LogP contribution in [0.5, 0.6) is 0 Å². The number of imidazole rings is 1. The first-order valence-corrected chi connectivity index (χ1v) is 9.48. The lowest BCUT2D eigenvalue weighted by Crippen LogP contribution is -2.41. The zero-order valence-corrected chi connectivity index (χ0v) is 15.4. The summed E-state index contributed by atoms with van der Waals surface area (Å²) in [4.78, 5) is 23.7. The molecule has 0 saturated heterocycles. The van der Waals surface area contributed by atoms with Crippen molar-refractivity contribution < 1.29 is 9.18 Å². The molecule has 5 nitrogen and oxygen atoms in total. The average Bonchev–Trinajstić information content (AvgIpc) is 3.03. The monoisotopic (exact) mass is 366 g/mol. The van der Waals surface area contributed by atoms with Crippen LogP contribution in [0.15, 0.2) is 42.7 Å². The minimum atomic E-state index is -0.600. The SMILES string of the molecule is Cc1ccn2c(F)c(C(=O)N(Cc3ccccn3)C3CCCCC3)nc2c1. The Balaban J connectivity index is 1.70. The van der Waals surface area contributed by atoms with Crippen LogP contribution in [-0.4, -0.2) is 31.2 Å². The van der Waals surface area contributed by atoms with Gasteiger partial charge >= 0.3 is 0 Å². The Labute approximate surface area is 157 Å². The van der Waals surface area contributed by atoms with Crippen LogP contribution in [0.4, 0.5) is 4.39 Å². The van der Waals surface area contributed by atoms with Crippen LogP contribution in [0.25, 0.3) is 5.65 Å². The Morgan fingerprint density at radius 2 is 2.07 bits per heavy atom. The van der Waals surface area contributed by atoms with Gasteiger partial charge in [-0.3, -0.25) is 14.2 Å². The molecule has 3 heterocycles. The molecule has 4 rings (SSSR count). The smallest absolute Gasteiger partial charge is 0.277 e. The van der Waals surface area contributed by atoms with Gasteiger partial charge in [-0.2, -0.15) is 4.39 Å². The number of hydrogen-bond acceptors (Lipinski definition) is 3. The minimum absolute atomic E-state index is 0.0965. The molecule has 140 valence electrons. The van der Waals surface area contributed by atoms with Crippen molar-refractivity contribution in [3.8, 4) is 0 Å². The first-order chi connectivity index (χ1) is 13.1. The Bertz CT molecular complexity index is 947. The molecule has 0 aromatic carbocycles. The lowest BCUT2D eigenvalue weighted by atomic mass is 9.93. The van der Waals surface area contributed by atoms with Crippen LogP contribution in [0.1, 0.15) is 53.8 Å². The highest BCUT2D eigenvalue weighted by Gasteiger charge is 2.30. The molecule has 6 heteroatoms. The maximum absolute atomic E-state index is 14.9. The summed E-state index contributed by atoms with van der Waals surface area (Å²) in [5.74, 6) is -0.955. The highest BCUT2D eigenvalue weighted by Crippen LogP contribution is 2.26. The quantitative estimate of drug-likeness (QED) is 0.697. The zero-order chi connectivity index (χ0) is 18.8. The van der Waals surface area contributed by atoms with Crippen molar-refractivity contribution in [1.29, 1.82) is 0 Å². The lowest BCUT2D eigenvalue weighted by molar-refractivity contribution is 0.0600. The van der Waals surface area contributed by atoms with Crippen molar-refractivity contribution in [2.24, 2.45) is 0 Å². The van der Waals surface area contributed by atoms with Crippen LogP contribution >= 0.6 is 0 Å². The van der Waals surface area contributed by atoms with Crippen molar-refractivity contribution in [2.75, 3.05) is 0 Å². The fourth-order valence-corrected chi connectivity index (χ4v) is 3.81. The van der Waals surface area contributed by atoms with Crippen molar-refractivity contribution in [2.45, 2.75) is 51.6 Å². The highest BCUT2D eigenvalue weighted by atomic mass is 19.1. The minimum Gasteiger partial charge on any atom is -0.328 e. The van der Waals surface area contributed by atoms with E-state index in [2.05, 4.69) is 9.97 Å². The average molecular weight is 366 g/mol. The van der Waals surface area contributed by atoms with Crippen molar-refractivity contribution in [3.05, 3.63) is 65.6 Å². The molecule has 0 bridgehead atoms. The number of fused-ring (bicyclic) bond motifs is 1. The van der Waals surface area contributed by atoms with Gasteiger partial charge in [0.15, 0.2) is 5.69 Å². The fourth-order valence-electron chi connectivity index (χ4n) is 3.81. The van der Waals surface area contributed by atoms with Gasteiger partial charge in [-0.05, 0) is 49.6 Å². The maximum Gasteiger partial charge on any atom is 0.277 e. The Morgan fingerprint density at radius 1 is 1.26 bits per heavy atom. The number of aromatic nitrogens is 3. The number of carbonyl (C=O) groups excluding carboxylic acids is 1. The van der Waals surface area contributed by atoms with Gasteiger partial charge in [0, 0.05) is 18.4 Å². The summed E-state index contributed by atoms with van der Waals surface area (Å²) in [6.07, 6.45) is 8.57. The molecule has 3 aromatic heterocycles. The van der Waals surface area contributed by atoms with Gasteiger partial charge in [0.1, 0.15) is 5.65 Å². The number of amides is 1. The summed E-state index contributed by atoms with van der Waals surface area (Å²) in [5.41, 5.74) is 2.12. The van der Waals surface area contributed by atoms with Crippen molar-refractivity contribution >= 4 is 11.6 Å². The first kappa shape index (κ1) is 17.6. The third-order valence-corrected chi connectivity index (χ3v) is 5.26. The van der Waals surface area contributed by atoms with E-state index >= 15 is 0 Å². The van der Waals surface area contributed by atoms with Crippen LogP contribution in [0.3, 0.4) is 0 Å². The number of pyridine rings is 2. The molecule has 27 heavy (non-hydrogen) atoms. The Hall–Kier alpha value is -2.76. The maximum atomic E-state index is 14.9. The summed E-state index contributed by atoms with van der Waals surface area (Å²) in [6, 6.07) is 9.33. The second-order valence-electron chi connectivity index (χ2n) is 7.23. The predicted octanol–water partition coefficient (Wildman–Crippen LogP) is 4.15. The summed E-state index contributed by atoms with van der Waals surface area (Å²) in [5, 5.41) is 0. The molecule has 1 aliphatic carbocycles. The molecular formula is C21H23FN4O. The van der Waals surface area contributed by atoms with E-state index in [0.717, 1.165) is 36.9 Å².